The Morgan fingerprint density at radius 3 is 1.40 bits per heavy atom. The van der Waals surface area contributed by atoms with Crippen molar-refractivity contribution in [2.24, 2.45) is 5.92 Å². The van der Waals surface area contributed by atoms with Crippen LogP contribution in [0.2, 0.25) is 5.02 Å². The van der Waals surface area contributed by atoms with Crippen molar-refractivity contribution >= 4 is 110 Å². The second kappa shape index (κ2) is 33.5. The molecular formula is C70H81ClN12O16. The van der Waals surface area contributed by atoms with Gasteiger partial charge in [0.15, 0.2) is 0 Å². The van der Waals surface area contributed by atoms with Crippen LogP contribution in [-0.4, -0.2) is 186 Å². The molecule has 9 rings (SSSR count). The molecule has 3 saturated heterocycles. The molecule has 524 valence electrons. The van der Waals surface area contributed by atoms with Crippen LogP contribution in [0.25, 0.3) is 21.8 Å². The lowest BCUT2D eigenvalue weighted by Crippen LogP contribution is -2.62. The highest BCUT2D eigenvalue weighted by Gasteiger charge is 2.45. The number of para-hydroxylation sites is 1. The third kappa shape index (κ3) is 19.4. The van der Waals surface area contributed by atoms with Gasteiger partial charge in [-0.15, -0.1) is 0 Å². The molecule has 6 aromatic rings. The quantitative estimate of drug-likeness (QED) is 0.0588. The maximum atomic E-state index is 15.2. The maximum absolute atomic E-state index is 15.2. The Labute approximate surface area is 573 Å². The highest BCUT2D eigenvalue weighted by molar-refractivity contribution is 6.31. The van der Waals surface area contributed by atoms with Crippen LogP contribution >= 0.6 is 11.6 Å². The standard InChI is InChI=1S/C70H81ClN12O16/c1-38(2)29-50-63(92)79-54(35-60(88)89)67(96)78-52(32-41-36-72-46-18-10-9-17-44(41)46)65(94)75-49(24-26-59(86)87)62(91)81-55(31-40-15-7-4-8-16-40)69(98)83-28-12-20-57(83)70(99)82-27-11-19-56(82)68(97)80-51(30-39-13-5-3-6-14-39)64(93)74-48(23-25-58(84)85)61(90)77-53(66(95)76-50)33-42-37-73-47-22-21-43(71)34-45(42)47/h3-10,13-18,21-22,34,36-38,48-57,72-73H,11-12,19-20,23-33,35H2,1-2H3,(H,74,93)(H,75,94)(H,76,95)(H,77,90)(H,78,96)(H,79,92)(H,80,97)(H,81,91)(H,84,85)(H,86,87)(H,88,89)/t48-,49-,50-,51-,52-,53-,54-,55-,56-,57+/m0/s1. The molecule has 0 spiro atoms. The number of hydrogen-bond donors (Lipinski definition) is 13. The minimum Gasteiger partial charge on any atom is -0.481 e. The molecule has 29 heteroatoms. The molecule has 4 aromatic carbocycles. The molecule has 13 N–H and O–H groups in total. The zero-order chi connectivity index (χ0) is 71.0. The number of nitrogens with zero attached hydrogens (tertiary/aromatic N) is 2. The van der Waals surface area contributed by atoms with E-state index in [1.807, 2.05) is 0 Å². The third-order valence-electron chi connectivity index (χ3n) is 17.9. The minimum atomic E-state index is -1.99. The Kier molecular flexibility index (Phi) is 24.6. The summed E-state index contributed by atoms with van der Waals surface area (Å²) in [4.78, 5) is 196. The average molecular weight is 1380 g/mol. The lowest BCUT2D eigenvalue weighted by atomic mass is 9.99. The number of benzene rings is 4. The summed E-state index contributed by atoms with van der Waals surface area (Å²) in [7, 11) is 0. The number of rotatable bonds is 18. The molecule has 0 unspecified atom stereocenters. The number of aromatic nitrogens is 2. The van der Waals surface area contributed by atoms with Crippen LogP contribution in [0.3, 0.4) is 0 Å². The number of carboxylic acids is 3. The molecule has 3 aliphatic heterocycles. The van der Waals surface area contributed by atoms with Crippen molar-refractivity contribution in [1.82, 2.24) is 62.3 Å². The monoisotopic (exact) mass is 1380 g/mol. The van der Waals surface area contributed by atoms with Gasteiger partial charge in [-0.1, -0.05) is 104 Å². The number of nitrogens with one attached hydrogen (secondary N) is 10. The van der Waals surface area contributed by atoms with Gasteiger partial charge in [0, 0.05) is 90.8 Å². The maximum Gasteiger partial charge on any atom is 0.305 e. The number of amides is 10. The number of halogens is 1. The number of aromatic amines is 2. The van der Waals surface area contributed by atoms with E-state index in [4.69, 9.17) is 11.6 Å². The summed E-state index contributed by atoms with van der Waals surface area (Å²) < 4.78 is 0. The van der Waals surface area contributed by atoms with Gasteiger partial charge in [-0.25, -0.2) is 0 Å². The Morgan fingerprint density at radius 1 is 0.444 bits per heavy atom. The van der Waals surface area contributed by atoms with Gasteiger partial charge in [0.1, 0.15) is 60.4 Å². The Balaban J connectivity index is 1.13. The van der Waals surface area contributed by atoms with Crippen molar-refractivity contribution in [2.75, 3.05) is 13.1 Å². The summed E-state index contributed by atoms with van der Waals surface area (Å²) in [6.45, 7) is 3.48. The summed E-state index contributed by atoms with van der Waals surface area (Å²) in [6.07, 6.45) is -0.762. The molecule has 5 heterocycles. The van der Waals surface area contributed by atoms with Gasteiger partial charge >= 0.3 is 17.9 Å². The summed E-state index contributed by atoms with van der Waals surface area (Å²) in [6, 6.07) is 13.1. The van der Waals surface area contributed by atoms with Crippen LogP contribution in [0.15, 0.2) is 116 Å². The van der Waals surface area contributed by atoms with E-state index in [1.54, 1.807) is 129 Å². The van der Waals surface area contributed by atoms with Crippen molar-refractivity contribution in [2.45, 2.75) is 164 Å². The molecule has 3 aliphatic rings. The fourth-order valence-corrected chi connectivity index (χ4v) is 13.1. The number of hydrogen-bond acceptors (Lipinski definition) is 13. The molecule has 10 amide bonds. The van der Waals surface area contributed by atoms with Crippen molar-refractivity contribution in [3.8, 4) is 0 Å². The minimum absolute atomic E-state index is 0.0243. The van der Waals surface area contributed by atoms with Crippen LogP contribution in [0.1, 0.15) is 100 Å². The predicted octanol–water partition coefficient (Wildman–Crippen LogP) is 2.70. The summed E-state index contributed by atoms with van der Waals surface area (Å²) >= 11 is 6.44. The number of carbonyl (C=O) groups excluding carboxylic acids is 10. The normalized spacial score (nSPS) is 23.8. The van der Waals surface area contributed by atoms with Crippen LogP contribution in [-0.2, 0) is 88.0 Å². The van der Waals surface area contributed by atoms with Crippen LogP contribution in [0, 0.1) is 5.92 Å². The van der Waals surface area contributed by atoms with Gasteiger partial charge < -0.3 is 77.6 Å². The number of aliphatic carboxylic acids is 3. The van der Waals surface area contributed by atoms with Gasteiger partial charge in [0.2, 0.25) is 59.1 Å². The molecule has 28 nitrogen and oxygen atoms in total. The van der Waals surface area contributed by atoms with Crippen LogP contribution < -0.4 is 42.5 Å². The SMILES string of the molecule is CC(C)C[C@@H]1NC(=O)[C@H](Cc2c[nH]c3ccc(Cl)cc23)NC(=O)[C@H](CCC(=O)O)NC(=O)[C@H](Cc2ccccc2)NC(=O)[C@@H]2CCCN2C(=O)[C@H]2CCCN2C(=O)[C@H](Cc2ccccc2)NC(=O)[C@H](CCC(=O)O)NC(=O)[C@H](Cc2c[nH]c3ccccc23)NC(=O)[C@H](CC(=O)O)NC1=O. The van der Waals surface area contributed by atoms with E-state index in [1.165, 1.54) is 9.80 Å². The molecule has 0 radical (unpaired) electrons. The highest BCUT2D eigenvalue weighted by Crippen LogP contribution is 2.28. The lowest BCUT2D eigenvalue weighted by Gasteiger charge is -2.34. The summed E-state index contributed by atoms with van der Waals surface area (Å²) in [5, 5.41) is 52.7. The first kappa shape index (κ1) is 72.6. The van der Waals surface area contributed by atoms with E-state index in [0.717, 1.165) is 0 Å². The molecule has 0 saturated carbocycles. The second-order valence-corrected chi connectivity index (χ2v) is 26.0. The van der Waals surface area contributed by atoms with Crippen molar-refractivity contribution in [3.63, 3.8) is 0 Å². The molecule has 2 aromatic heterocycles. The molecule has 99 heavy (non-hydrogen) atoms. The largest absolute Gasteiger partial charge is 0.481 e. The van der Waals surface area contributed by atoms with Crippen molar-refractivity contribution in [1.29, 1.82) is 0 Å². The zero-order valence-corrected chi connectivity index (χ0v) is 55.3. The number of carbonyl (C=O) groups is 13. The summed E-state index contributed by atoms with van der Waals surface area (Å²) in [5.41, 5.74) is 3.16. The second-order valence-electron chi connectivity index (χ2n) is 25.6. The first-order valence-electron chi connectivity index (χ1n) is 33.0. The predicted molar refractivity (Wildman–Crippen MR) is 360 cm³/mol. The smallest absolute Gasteiger partial charge is 0.305 e. The van der Waals surface area contributed by atoms with E-state index in [0.29, 0.717) is 61.9 Å². The van der Waals surface area contributed by atoms with Gasteiger partial charge in [-0.3, -0.25) is 62.3 Å². The highest BCUT2D eigenvalue weighted by atomic mass is 35.5. The average Bonchev–Trinajstić information content (AvgIpc) is 1.69. The van der Waals surface area contributed by atoms with E-state index in [-0.39, 0.29) is 58.0 Å². The zero-order valence-electron chi connectivity index (χ0n) is 54.6. The van der Waals surface area contributed by atoms with Crippen molar-refractivity contribution < 1.29 is 77.6 Å². The van der Waals surface area contributed by atoms with E-state index < -0.39 is 175 Å². The first-order chi connectivity index (χ1) is 47.4. The molecule has 10 atom stereocenters. The molecular weight excluding hydrogens is 1300 g/mol. The van der Waals surface area contributed by atoms with E-state index >= 15 is 19.2 Å². The summed E-state index contributed by atoms with van der Waals surface area (Å²) in [5.74, 6) is -14.3. The van der Waals surface area contributed by atoms with E-state index in [2.05, 4.69) is 52.5 Å². The Bertz CT molecular complexity index is 3990. The molecule has 0 aliphatic carbocycles. The lowest BCUT2D eigenvalue weighted by molar-refractivity contribution is -0.148. The topological polar surface area (TPSA) is 417 Å². The third-order valence-corrected chi connectivity index (χ3v) is 18.1. The fourth-order valence-electron chi connectivity index (χ4n) is 12.9. The van der Waals surface area contributed by atoms with Crippen LogP contribution in [0.5, 0.6) is 0 Å². The van der Waals surface area contributed by atoms with E-state index in [9.17, 15) is 58.5 Å². The van der Waals surface area contributed by atoms with Crippen LogP contribution in [0.4, 0.5) is 0 Å². The number of H-pyrrole nitrogens is 2. The van der Waals surface area contributed by atoms with Gasteiger partial charge in [-0.2, -0.15) is 0 Å². The molecule has 3 fully saturated rings. The Morgan fingerprint density at radius 2 is 0.859 bits per heavy atom. The van der Waals surface area contributed by atoms with Gasteiger partial charge in [0.25, 0.3) is 0 Å². The number of carboxylic acid groups (broad SMARTS) is 3. The molecule has 0 bridgehead atoms. The van der Waals surface area contributed by atoms with Gasteiger partial charge in [0.05, 0.1) is 6.42 Å². The fraction of sp³-hybridized carbons (Fsp3) is 0.414. The Hall–Kier alpha value is -10.6. The number of fused-ring (bicyclic) bond motifs is 4. The van der Waals surface area contributed by atoms with Crippen molar-refractivity contribution in [3.05, 3.63) is 143 Å². The van der Waals surface area contributed by atoms with Gasteiger partial charge in [-0.05, 0) is 97.4 Å². The first-order valence-corrected chi connectivity index (χ1v) is 33.3.